The molecule has 0 amide bonds. The van der Waals surface area contributed by atoms with Crippen molar-refractivity contribution in [2.75, 3.05) is 0 Å². The molecule has 0 saturated heterocycles. The first kappa shape index (κ1) is 25.8. The number of alkyl halides is 3. The Kier molecular flexibility index (Phi) is 7.02. The van der Waals surface area contributed by atoms with E-state index in [-0.39, 0.29) is 11.8 Å². The molecule has 0 unspecified atom stereocenters. The van der Waals surface area contributed by atoms with Gasteiger partial charge in [-0.25, -0.2) is 0 Å². The second kappa shape index (κ2) is 8.98. The molecule has 0 radical (unpaired) electrons. The van der Waals surface area contributed by atoms with E-state index < -0.39 is 24.3 Å². The van der Waals surface area contributed by atoms with Crippen molar-refractivity contribution in [1.29, 1.82) is 0 Å². The van der Waals surface area contributed by atoms with Crippen LogP contribution in [0.1, 0.15) is 111 Å². The third-order valence-corrected chi connectivity index (χ3v) is 11.7. The van der Waals surface area contributed by atoms with Gasteiger partial charge in [-0.3, -0.25) is 0 Å². The van der Waals surface area contributed by atoms with Gasteiger partial charge >= 0.3 is 6.18 Å². The average molecular weight is 473 g/mol. The Bertz CT molecular complexity index is 695. The van der Waals surface area contributed by atoms with Crippen LogP contribution in [0.5, 0.6) is 0 Å². The fraction of sp³-hybridized carbons (Fsp3) is 1.00. The number of aliphatic hydroxyl groups is 2. The molecule has 4 saturated carbocycles. The summed E-state index contributed by atoms with van der Waals surface area (Å²) < 4.78 is 37.8. The van der Waals surface area contributed by atoms with Gasteiger partial charge in [0.15, 0.2) is 0 Å². The molecule has 4 fully saturated rings. The molecule has 2 nitrogen and oxygen atoms in total. The zero-order chi connectivity index (χ0) is 24.2. The number of hydrogen-bond donors (Lipinski definition) is 2. The highest BCUT2D eigenvalue weighted by Crippen LogP contribution is 2.69. The van der Waals surface area contributed by atoms with Crippen molar-refractivity contribution >= 4 is 0 Å². The van der Waals surface area contributed by atoms with Gasteiger partial charge in [-0.1, -0.05) is 27.7 Å². The fourth-order valence-corrected chi connectivity index (χ4v) is 9.64. The fourth-order valence-electron chi connectivity index (χ4n) is 9.64. The van der Waals surface area contributed by atoms with E-state index in [0.29, 0.717) is 29.6 Å². The second-order valence-electron chi connectivity index (χ2n) is 13.2. The molecule has 5 heteroatoms. The van der Waals surface area contributed by atoms with E-state index in [9.17, 15) is 23.4 Å². The zero-order valence-electron chi connectivity index (χ0n) is 21.3. The molecule has 4 aliphatic carbocycles. The molecule has 4 rings (SSSR count). The van der Waals surface area contributed by atoms with E-state index in [1.165, 1.54) is 38.5 Å². The van der Waals surface area contributed by atoms with Gasteiger partial charge in [0.1, 0.15) is 0 Å². The van der Waals surface area contributed by atoms with Crippen LogP contribution in [0.3, 0.4) is 0 Å². The minimum absolute atomic E-state index is 0.254. The molecule has 4 aliphatic rings. The topological polar surface area (TPSA) is 40.5 Å². The number of rotatable bonds is 6. The van der Waals surface area contributed by atoms with E-state index in [1.807, 2.05) is 0 Å². The summed E-state index contributed by atoms with van der Waals surface area (Å²) in [6, 6.07) is 0. The maximum absolute atomic E-state index is 12.6. The van der Waals surface area contributed by atoms with Crippen LogP contribution < -0.4 is 0 Å². The molecular formula is C28H47F3O2. The number of halogens is 3. The lowest BCUT2D eigenvalue weighted by atomic mass is 9.43. The van der Waals surface area contributed by atoms with Gasteiger partial charge in [0.05, 0.1) is 18.1 Å². The van der Waals surface area contributed by atoms with Crippen LogP contribution in [0.15, 0.2) is 0 Å². The molecule has 0 aromatic heterocycles. The number of hydrogen-bond acceptors (Lipinski definition) is 2. The van der Waals surface area contributed by atoms with Crippen molar-refractivity contribution in [3.8, 4) is 0 Å². The lowest BCUT2D eigenvalue weighted by Crippen LogP contribution is -2.56. The zero-order valence-corrected chi connectivity index (χ0v) is 21.3. The second-order valence-corrected chi connectivity index (χ2v) is 13.2. The lowest BCUT2D eigenvalue weighted by Gasteiger charge is -2.62. The maximum atomic E-state index is 12.6. The third-order valence-electron chi connectivity index (χ3n) is 11.7. The SMILES string of the molecule is CC[C@]1(O)CC[C@@]2(C)[C@@H](CC[C@@H]3[C@@H]2CC[C@]2(C)[C@@H]([C@H](C)CC[C@H](O)CC(F)(F)F)CC[C@@H]32)C1. The normalized spacial score (nSPS) is 47.4. The number of fused-ring (bicyclic) bond motifs is 5. The summed E-state index contributed by atoms with van der Waals surface area (Å²) in [5.74, 6) is 3.83. The van der Waals surface area contributed by atoms with Crippen molar-refractivity contribution in [2.24, 2.45) is 46.3 Å². The van der Waals surface area contributed by atoms with Gasteiger partial charge in [0, 0.05) is 0 Å². The van der Waals surface area contributed by atoms with Crippen molar-refractivity contribution in [1.82, 2.24) is 0 Å². The monoisotopic (exact) mass is 472 g/mol. The van der Waals surface area contributed by atoms with E-state index in [1.54, 1.807) is 0 Å². The van der Waals surface area contributed by atoms with Crippen LogP contribution in [-0.4, -0.2) is 28.1 Å². The molecule has 192 valence electrons. The first-order valence-corrected chi connectivity index (χ1v) is 13.8. The molecule has 0 aromatic rings. The Morgan fingerprint density at radius 2 is 1.61 bits per heavy atom. The summed E-state index contributed by atoms with van der Waals surface area (Å²) in [7, 11) is 0. The van der Waals surface area contributed by atoms with Crippen molar-refractivity contribution < 1.29 is 23.4 Å². The summed E-state index contributed by atoms with van der Waals surface area (Å²) in [5.41, 5.74) is 0.194. The van der Waals surface area contributed by atoms with Gasteiger partial charge < -0.3 is 10.2 Å². The molecular weight excluding hydrogens is 425 g/mol. The Balaban J connectivity index is 1.42. The van der Waals surface area contributed by atoms with E-state index in [2.05, 4.69) is 27.7 Å². The molecule has 0 spiro atoms. The first-order valence-electron chi connectivity index (χ1n) is 13.8. The van der Waals surface area contributed by atoms with Gasteiger partial charge in [-0.15, -0.1) is 0 Å². The Morgan fingerprint density at radius 3 is 2.27 bits per heavy atom. The summed E-state index contributed by atoms with van der Waals surface area (Å²) in [6.45, 7) is 9.36. The standard InChI is InChI=1S/C28H47F3O2/c1-5-27(33)15-14-25(3)19(16-27)7-9-21-23-11-10-22(26(23,4)13-12-24(21)25)18(2)6-8-20(32)17-28(29,30)31/h18-24,32-33H,5-17H2,1-4H3/t18-,19+,20+,21+,22-,23+,24+,25+,26-,27+/m1/s1. The van der Waals surface area contributed by atoms with Crippen LogP contribution in [0.2, 0.25) is 0 Å². The summed E-state index contributed by atoms with van der Waals surface area (Å²) in [5, 5.41) is 20.9. The van der Waals surface area contributed by atoms with Crippen LogP contribution in [0.25, 0.3) is 0 Å². The van der Waals surface area contributed by atoms with Crippen molar-refractivity contribution in [2.45, 2.75) is 129 Å². The van der Waals surface area contributed by atoms with Gasteiger partial charge in [0.2, 0.25) is 0 Å². The van der Waals surface area contributed by atoms with E-state index in [4.69, 9.17) is 0 Å². The quantitative estimate of drug-likeness (QED) is 0.420. The van der Waals surface area contributed by atoms with Gasteiger partial charge in [-0.2, -0.15) is 13.2 Å². The molecule has 0 bridgehead atoms. The van der Waals surface area contributed by atoms with Crippen molar-refractivity contribution in [3.63, 3.8) is 0 Å². The molecule has 0 aliphatic heterocycles. The highest BCUT2D eigenvalue weighted by Gasteiger charge is 2.61. The molecule has 2 N–H and O–H groups in total. The van der Waals surface area contributed by atoms with Crippen LogP contribution in [0, 0.1) is 46.3 Å². The van der Waals surface area contributed by atoms with Crippen LogP contribution in [-0.2, 0) is 0 Å². The lowest BCUT2D eigenvalue weighted by molar-refractivity contribution is -0.155. The number of aliphatic hydroxyl groups excluding tert-OH is 1. The predicted octanol–water partition coefficient (Wildman–Crippen LogP) is 7.52. The van der Waals surface area contributed by atoms with Crippen LogP contribution in [0.4, 0.5) is 13.2 Å². The van der Waals surface area contributed by atoms with Gasteiger partial charge in [0.25, 0.3) is 0 Å². The minimum atomic E-state index is -4.29. The summed E-state index contributed by atoms with van der Waals surface area (Å²) >= 11 is 0. The molecule has 10 atom stereocenters. The minimum Gasteiger partial charge on any atom is -0.393 e. The van der Waals surface area contributed by atoms with Gasteiger partial charge in [-0.05, 0) is 123 Å². The van der Waals surface area contributed by atoms with E-state index >= 15 is 0 Å². The third kappa shape index (κ3) is 4.76. The van der Waals surface area contributed by atoms with Crippen LogP contribution >= 0.6 is 0 Å². The molecule has 0 aromatic carbocycles. The first-order chi connectivity index (χ1) is 15.3. The van der Waals surface area contributed by atoms with Crippen molar-refractivity contribution in [3.05, 3.63) is 0 Å². The predicted molar refractivity (Wildman–Crippen MR) is 126 cm³/mol. The molecule has 0 heterocycles. The largest absolute Gasteiger partial charge is 0.393 e. The average Bonchev–Trinajstić information content (AvgIpc) is 3.09. The molecule has 33 heavy (non-hydrogen) atoms. The highest BCUT2D eigenvalue weighted by molar-refractivity contribution is 5.10. The maximum Gasteiger partial charge on any atom is 0.391 e. The Morgan fingerprint density at radius 1 is 0.909 bits per heavy atom. The summed E-state index contributed by atoms with van der Waals surface area (Å²) in [6.07, 6.45) is 5.75. The Hall–Kier alpha value is -0.290. The Labute approximate surface area is 199 Å². The smallest absolute Gasteiger partial charge is 0.391 e. The summed E-state index contributed by atoms with van der Waals surface area (Å²) in [4.78, 5) is 0. The van der Waals surface area contributed by atoms with E-state index in [0.717, 1.165) is 43.4 Å². The highest BCUT2D eigenvalue weighted by atomic mass is 19.4.